The second-order valence-electron chi connectivity index (χ2n) is 3.97. The van der Waals surface area contributed by atoms with Crippen LogP contribution in [-0.4, -0.2) is 5.16 Å². The van der Waals surface area contributed by atoms with E-state index in [1.54, 1.807) is 0 Å². The largest absolute Gasteiger partial charge is 0.361 e. The molecule has 1 radical (unpaired) electrons. The second kappa shape index (κ2) is 4.71. The molecule has 0 bridgehead atoms. The smallest absolute Gasteiger partial charge is 0.137 e. The van der Waals surface area contributed by atoms with Gasteiger partial charge in [-0.05, 0) is 12.0 Å². The first-order valence-corrected chi connectivity index (χ1v) is 5.58. The fraction of sp³-hybridized carbons (Fsp3) is 0.231. The van der Waals surface area contributed by atoms with Crippen molar-refractivity contribution in [2.24, 2.45) is 5.92 Å². The Morgan fingerprint density at radius 3 is 2.88 bits per heavy atom. The molecule has 1 heterocycles. The molecule has 1 atom stereocenters. The molecule has 1 aromatic heterocycles. The summed E-state index contributed by atoms with van der Waals surface area (Å²) >= 11 is 6.08. The van der Waals surface area contributed by atoms with E-state index >= 15 is 0 Å². The van der Waals surface area contributed by atoms with Gasteiger partial charge < -0.3 is 4.52 Å². The summed E-state index contributed by atoms with van der Waals surface area (Å²) in [6, 6.07) is 9.51. The van der Waals surface area contributed by atoms with E-state index in [4.69, 9.17) is 16.1 Å². The molecular formula is C13H13ClNO. The van der Waals surface area contributed by atoms with Gasteiger partial charge in [-0.15, -0.1) is 0 Å². The van der Waals surface area contributed by atoms with Crippen LogP contribution in [0.3, 0.4) is 0 Å². The van der Waals surface area contributed by atoms with Crippen molar-refractivity contribution in [2.75, 3.05) is 0 Å². The van der Waals surface area contributed by atoms with Crippen LogP contribution in [0.2, 0.25) is 5.02 Å². The van der Waals surface area contributed by atoms with Crippen molar-refractivity contribution in [3.05, 3.63) is 48.0 Å². The first-order chi connectivity index (χ1) is 7.66. The van der Waals surface area contributed by atoms with E-state index in [1.165, 1.54) is 0 Å². The first-order valence-electron chi connectivity index (χ1n) is 5.20. The van der Waals surface area contributed by atoms with Crippen LogP contribution in [-0.2, 0) is 6.42 Å². The van der Waals surface area contributed by atoms with Crippen LogP contribution in [0.4, 0.5) is 0 Å². The summed E-state index contributed by atoms with van der Waals surface area (Å²) in [5.74, 6) is 1.16. The number of halogens is 1. The fourth-order valence-corrected chi connectivity index (χ4v) is 1.78. The van der Waals surface area contributed by atoms with Crippen molar-refractivity contribution in [2.45, 2.75) is 13.3 Å². The van der Waals surface area contributed by atoms with Crippen molar-refractivity contribution in [1.29, 1.82) is 0 Å². The number of aromatic nitrogens is 1. The lowest BCUT2D eigenvalue weighted by Gasteiger charge is -1.98. The Morgan fingerprint density at radius 2 is 2.19 bits per heavy atom. The van der Waals surface area contributed by atoms with Crippen molar-refractivity contribution in [1.82, 2.24) is 5.16 Å². The molecular weight excluding hydrogens is 222 g/mol. The molecule has 2 nitrogen and oxygen atoms in total. The summed E-state index contributed by atoms with van der Waals surface area (Å²) in [7, 11) is 0. The molecule has 0 unspecified atom stereocenters. The summed E-state index contributed by atoms with van der Waals surface area (Å²) in [6.07, 6.45) is 0.789. The average molecular weight is 235 g/mol. The van der Waals surface area contributed by atoms with E-state index in [1.807, 2.05) is 37.3 Å². The van der Waals surface area contributed by atoms with Crippen molar-refractivity contribution in [3.8, 4) is 11.3 Å². The van der Waals surface area contributed by atoms with E-state index in [0.29, 0.717) is 10.9 Å². The molecule has 1 aromatic carbocycles. The minimum absolute atomic E-state index is 0.312. The average Bonchev–Trinajstić information content (AvgIpc) is 2.66. The molecule has 83 valence electrons. The van der Waals surface area contributed by atoms with Gasteiger partial charge in [0.1, 0.15) is 11.5 Å². The van der Waals surface area contributed by atoms with Crippen LogP contribution in [0.15, 0.2) is 34.9 Å². The van der Waals surface area contributed by atoms with E-state index in [9.17, 15) is 0 Å². The third kappa shape index (κ3) is 2.45. The lowest BCUT2D eigenvalue weighted by atomic mass is 10.1. The first kappa shape index (κ1) is 11.2. The highest BCUT2D eigenvalue weighted by atomic mass is 35.5. The molecule has 0 fully saturated rings. The Hall–Kier alpha value is -1.28. The molecule has 0 saturated carbocycles. The van der Waals surface area contributed by atoms with Crippen LogP contribution in [0.25, 0.3) is 11.3 Å². The summed E-state index contributed by atoms with van der Waals surface area (Å²) in [4.78, 5) is 0. The number of hydrogen-bond donors (Lipinski definition) is 0. The number of nitrogens with zero attached hydrogens (tertiary/aromatic N) is 1. The van der Waals surface area contributed by atoms with E-state index in [0.717, 1.165) is 23.4 Å². The molecule has 16 heavy (non-hydrogen) atoms. The molecule has 0 N–H and O–H groups in total. The molecule has 0 spiro atoms. The number of hydrogen-bond acceptors (Lipinski definition) is 2. The minimum atomic E-state index is 0.312. The predicted octanol–water partition coefficient (Wildman–Crippen LogP) is 4.01. The number of benzene rings is 1. The third-order valence-corrected chi connectivity index (χ3v) is 2.59. The summed E-state index contributed by atoms with van der Waals surface area (Å²) in [6.45, 7) is 5.96. The molecule has 0 aliphatic carbocycles. The maximum absolute atomic E-state index is 6.08. The Morgan fingerprint density at radius 1 is 1.44 bits per heavy atom. The van der Waals surface area contributed by atoms with E-state index in [2.05, 4.69) is 12.1 Å². The molecule has 0 aliphatic heterocycles. The van der Waals surface area contributed by atoms with Gasteiger partial charge in [0.05, 0.1) is 5.02 Å². The highest BCUT2D eigenvalue weighted by Gasteiger charge is 2.10. The van der Waals surface area contributed by atoms with Crippen molar-refractivity contribution < 1.29 is 4.52 Å². The van der Waals surface area contributed by atoms with Crippen LogP contribution in [0.1, 0.15) is 12.7 Å². The van der Waals surface area contributed by atoms with Crippen LogP contribution < -0.4 is 0 Å². The quantitative estimate of drug-likeness (QED) is 0.802. The Bertz CT molecular complexity index is 476. The van der Waals surface area contributed by atoms with Gasteiger partial charge >= 0.3 is 0 Å². The zero-order chi connectivity index (χ0) is 11.5. The highest BCUT2D eigenvalue weighted by Crippen LogP contribution is 2.27. The Balaban J connectivity index is 2.28. The monoisotopic (exact) mass is 234 g/mol. The summed E-state index contributed by atoms with van der Waals surface area (Å²) in [5, 5.41) is 4.70. The topological polar surface area (TPSA) is 26.0 Å². The van der Waals surface area contributed by atoms with Gasteiger partial charge in [-0.25, -0.2) is 0 Å². The van der Waals surface area contributed by atoms with Crippen LogP contribution >= 0.6 is 11.6 Å². The van der Waals surface area contributed by atoms with Gasteiger partial charge in [-0.1, -0.05) is 48.8 Å². The van der Waals surface area contributed by atoms with Gasteiger partial charge in [0, 0.05) is 18.1 Å². The van der Waals surface area contributed by atoms with Crippen molar-refractivity contribution >= 4 is 11.6 Å². The Labute approximate surface area is 100 Å². The van der Waals surface area contributed by atoms with E-state index < -0.39 is 0 Å². The standard InChI is InChI=1S/C13H13ClNO/c1-9(2)7-10-8-13(15-16-10)11-5-3-4-6-12(11)14/h3-6,8-9H,1,7H2,2H3/t9-/m0/s1. The molecule has 2 rings (SSSR count). The summed E-state index contributed by atoms with van der Waals surface area (Å²) < 4.78 is 5.24. The van der Waals surface area contributed by atoms with Crippen LogP contribution in [0, 0.1) is 12.8 Å². The minimum Gasteiger partial charge on any atom is -0.361 e. The van der Waals surface area contributed by atoms with Gasteiger partial charge in [0.25, 0.3) is 0 Å². The second-order valence-corrected chi connectivity index (χ2v) is 4.37. The van der Waals surface area contributed by atoms with Gasteiger partial charge in [-0.3, -0.25) is 0 Å². The maximum Gasteiger partial charge on any atom is 0.137 e. The van der Waals surface area contributed by atoms with Crippen LogP contribution in [0.5, 0.6) is 0 Å². The molecule has 2 aromatic rings. The molecule has 0 saturated heterocycles. The third-order valence-electron chi connectivity index (χ3n) is 2.26. The normalized spacial score (nSPS) is 11.0. The molecule has 0 aliphatic rings. The zero-order valence-electron chi connectivity index (χ0n) is 9.11. The highest BCUT2D eigenvalue weighted by molar-refractivity contribution is 6.33. The van der Waals surface area contributed by atoms with Gasteiger partial charge in [0.2, 0.25) is 0 Å². The Kier molecular flexibility index (Phi) is 3.30. The summed E-state index contributed by atoms with van der Waals surface area (Å²) in [5.41, 5.74) is 1.68. The molecule has 3 heteroatoms. The zero-order valence-corrected chi connectivity index (χ0v) is 9.87. The SMILES string of the molecule is [CH2][C@@H](C)Cc1cc(-c2ccccc2Cl)no1. The van der Waals surface area contributed by atoms with E-state index in [-0.39, 0.29) is 0 Å². The fourth-order valence-electron chi connectivity index (χ4n) is 1.55. The van der Waals surface area contributed by atoms with Gasteiger partial charge in [0.15, 0.2) is 0 Å². The molecule has 0 amide bonds. The number of rotatable bonds is 3. The lowest BCUT2D eigenvalue weighted by molar-refractivity contribution is 0.375. The lowest BCUT2D eigenvalue weighted by Crippen LogP contribution is -1.91. The maximum atomic E-state index is 6.08. The predicted molar refractivity (Wildman–Crippen MR) is 65.2 cm³/mol. The van der Waals surface area contributed by atoms with Gasteiger partial charge in [-0.2, -0.15) is 0 Å². The van der Waals surface area contributed by atoms with Crippen molar-refractivity contribution in [3.63, 3.8) is 0 Å².